The van der Waals surface area contributed by atoms with Gasteiger partial charge in [-0.2, -0.15) is 0 Å². The van der Waals surface area contributed by atoms with Crippen molar-refractivity contribution in [1.82, 2.24) is 9.88 Å². The average Bonchev–Trinajstić information content (AvgIpc) is 3.33. The van der Waals surface area contributed by atoms with Gasteiger partial charge >= 0.3 is 6.03 Å². The fourth-order valence-corrected chi connectivity index (χ4v) is 5.42. The summed E-state index contributed by atoms with van der Waals surface area (Å²) in [5.41, 5.74) is 7.02. The molecule has 4 aromatic rings. The van der Waals surface area contributed by atoms with Crippen molar-refractivity contribution in [3.63, 3.8) is 0 Å². The Labute approximate surface area is 192 Å². The van der Waals surface area contributed by atoms with Gasteiger partial charge in [0.15, 0.2) is 0 Å². The summed E-state index contributed by atoms with van der Waals surface area (Å²) in [5.74, 6) is -0.144. The zero-order valence-corrected chi connectivity index (χ0v) is 18.7. The van der Waals surface area contributed by atoms with E-state index in [1.54, 1.807) is 4.90 Å². The number of aromatic nitrogens is 1. The van der Waals surface area contributed by atoms with Gasteiger partial charge in [0, 0.05) is 23.0 Å². The SMILES string of the molecule is CCc1ccccc1N1C(=O)[C@@H]2Cc3c([nH]c4ccccc34)[C@H](c3ccc(C)cc3)N2C1=O. The van der Waals surface area contributed by atoms with Crippen molar-refractivity contribution in [2.75, 3.05) is 4.90 Å². The summed E-state index contributed by atoms with van der Waals surface area (Å²) in [4.78, 5) is 34.5. The molecule has 0 unspecified atom stereocenters. The Balaban J connectivity index is 1.55. The maximum absolute atomic E-state index is 13.9. The van der Waals surface area contributed by atoms with E-state index in [9.17, 15) is 9.59 Å². The smallest absolute Gasteiger partial charge is 0.332 e. The molecule has 0 aliphatic carbocycles. The van der Waals surface area contributed by atoms with E-state index in [-0.39, 0.29) is 18.0 Å². The molecule has 3 amide bonds. The van der Waals surface area contributed by atoms with E-state index < -0.39 is 6.04 Å². The first kappa shape index (κ1) is 19.8. The number of H-pyrrole nitrogens is 1. The standard InChI is InChI=1S/C28H25N3O2/c1-3-18-8-4-7-11-23(18)31-27(32)24-16-21-20-9-5-6-10-22(20)29-25(21)26(30(24)28(31)33)19-14-12-17(2)13-15-19/h4-15,24,26,29H,3,16H2,1-2H3/t24-,26-/m0/s1. The molecule has 2 aliphatic rings. The predicted octanol–water partition coefficient (Wildman–Crippen LogP) is 5.52. The molecule has 5 heteroatoms. The molecule has 2 atom stereocenters. The number of fused-ring (bicyclic) bond motifs is 4. The van der Waals surface area contributed by atoms with E-state index in [0.29, 0.717) is 12.1 Å². The highest BCUT2D eigenvalue weighted by atomic mass is 16.2. The first-order valence-corrected chi connectivity index (χ1v) is 11.5. The minimum atomic E-state index is -0.527. The van der Waals surface area contributed by atoms with Crippen LogP contribution in [0.1, 0.15) is 40.9 Å². The molecule has 33 heavy (non-hydrogen) atoms. The number of anilines is 1. The Morgan fingerprint density at radius 2 is 1.67 bits per heavy atom. The van der Waals surface area contributed by atoms with Crippen molar-refractivity contribution >= 4 is 28.5 Å². The summed E-state index contributed by atoms with van der Waals surface area (Å²) >= 11 is 0. The van der Waals surface area contributed by atoms with E-state index in [1.807, 2.05) is 43.3 Å². The van der Waals surface area contributed by atoms with Crippen LogP contribution in [-0.4, -0.2) is 27.9 Å². The Kier molecular flexibility index (Phi) is 4.40. The number of aromatic amines is 1. The van der Waals surface area contributed by atoms with E-state index in [0.717, 1.165) is 45.3 Å². The number of benzene rings is 3. The number of rotatable bonds is 3. The normalized spacial score (nSPS) is 19.8. The molecule has 3 heterocycles. The summed E-state index contributed by atoms with van der Waals surface area (Å²) in [6.07, 6.45) is 1.26. The fraction of sp³-hybridized carbons (Fsp3) is 0.214. The van der Waals surface area contributed by atoms with Gasteiger partial charge in [0.2, 0.25) is 0 Å². The van der Waals surface area contributed by atoms with Crippen LogP contribution in [0.15, 0.2) is 72.8 Å². The molecule has 2 aliphatic heterocycles. The van der Waals surface area contributed by atoms with Crippen LogP contribution >= 0.6 is 0 Å². The lowest BCUT2D eigenvalue weighted by Crippen LogP contribution is -2.44. The fourth-order valence-electron chi connectivity index (χ4n) is 5.42. The molecule has 0 saturated carbocycles. The van der Waals surface area contributed by atoms with Crippen LogP contribution in [0.2, 0.25) is 0 Å². The monoisotopic (exact) mass is 435 g/mol. The van der Waals surface area contributed by atoms with E-state index >= 15 is 0 Å². The van der Waals surface area contributed by atoms with Crippen molar-refractivity contribution < 1.29 is 9.59 Å². The first-order valence-electron chi connectivity index (χ1n) is 11.5. The van der Waals surface area contributed by atoms with Gasteiger partial charge in [0.1, 0.15) is 12.1 Å². The lowest BCUT2D eigenvalue weighted by Gasteiger charge is -2.36. The summed E-state index contributed by atoms with van der Waals surface area (Å²) in [6.45, 7) is 4.10. The molecule has 0 bridgehead atoms. The van der Waals surface area contributed by atoms with Gasteiger partial charge in [0.25, 0.3) is 5.91 Å². The summed E-state index contributed by atoms with van der Waals surface area (Å²) in [5, 5.41) is 1.12. The molecular weight excluding hydrogens is 410 g/mol. The number of hydrogen-bond acceptors (Lipinski definition) is 2. The van der Waals surface area contributed by atoms with Crippen molar-refractivity contribution in [1.29, 1.82) is 0 Å². The second-order valence-electron chi connectivity index (χ2n) is 8.94. The van der Waals surface area contributed by atoms with Gasteiger partial charge in [-0.15, -0.1) is 0 Å². The Morgan fingerprint density at radius 3 is 2.45 bits per heavy atom. The van der Waals surface area contributed by atoms with E-state index in [2.05, 4.69) is 48.3 Å². The second-order valence-corrected chi connectivity index (χ2v) is 8.94. The highest BCUT2D eigenvalue weighted by Crippen LogP contribution is 2.45. The number of amides is 3. The molecule has 5 nitrogen and oxygen atoms in total. The first-order chi connectivity index (χ1) is 16.1. The molecule has 0 spiro atoms. The highest BCUT2D eigenvalue weighted by Gasteiger charge is 2.53. The summed E-state index contributed by atoms with van der Waals surface area (Å²) in [6, 6.07) is 23.0. The minimum Gasteiger partial charge on any atom is -0.356 e. The molecule has 1 fully saturated rings. The number of nitrogens with one attached hydrogen (secondary N) is 1. The maximum Gasteiger partial charge on any atom is 0.332 e. The van der Waals surface area contributed by atoms with Gasteiger partial charge < -0.3 is 4.98 Å². The van der Waals surface area contributed by atoms with Gasteiger partial charge in [-0.05, 0) is 42.2 Å². The van der Waals surface area contributed by atoms with Crippen LogP contribution in [0.3, 0.4) is 0 Å². The Morgan fingerprint density at radius 1 is 0.939 bits per heavy atom. The zero-order chi connectivity index (χ0) is 22.7. The molecule has 1 aromatic heterocycles. The van der Waals surface area contributed by atoms with Crippen LogP contribution in [-0.2, 0) is 17.6 Å². The van der Waals surface area contributed by atoms with Gasteiger partial charge in [0.05, 0.1) is 5.69 Å². The largest absolute Gasteiger partial charge is 0.356 e. The van der Waals surface area contributed by atoms with Gasteiger partial charge in [-0.3, -0.25) is 9.69 Å². The van der Waals surface area contributed by atoms with Crippen molar-refractivity contribution in [3.05, 3.63) is 101 Å². The Hall–Kier alpha value is -3.86. The van der Waals surface area contributed by atoms with E-state index in [4.69, 9.17) is 0 Å². The molecule has 6 rings (SSSR count). The Bertz CT molecular complexity index is 1400. The number of urea groups is 1. The van der Waals surface area contributed by atoms with Crippen LogP contribution in [0, 0.1) is 6.92 Å². The molecule has 0 radical (unpaired) electrons. The number of para-hydroxylation sites is 2. The molecule has 1 N–H and O–H groups in total. The number of carbonyl (C=O) groups is 2. The van der Waals surface area contributed by atoms with Gasteiger partial charge in [-0.1, -0.05) is 73.2 Å². The third kappa shape index (κ3) is 2.85. The van der Waals surface area contributed by atoms with Gasteiger partial charge in [-0.25, -0.2) is 9.69 Å². The number of nitrogens with zero attached hydrogens (tertiary/aromatic N) is 2. The lowest BCUT2D eigenvalue weighted by molar-refractivity contribution is -0.120. The maximum atomic E-state index is 13.9. The second kappa shape index (κ2) is 7.34. The molecule has 164 valence electrons. The highest BCUT2D eigenvalue weighted by molar-refractivity contribution is 6.22. The number of aryl methyl sites for hydroxylation is 2. The van der Waals surface area contributed by atoms with Crippen molar-refractivity contribution in [2.24, 2.45) is 0 Å². The lowest BCUT2D eigenvalue weighted by atomic mass is 9.88. The van der Waals surface area contributed by atoms with Crippen LogP contribution in [0.5, 0.6) is 0 Å². The predicted molar refractivity (Wildman–Crippen MR) is 129 cm³/mol. The third-order valence-corrected chi connectivity index (χ3v) is 7.06. The van der Waals surface area contributed by atoms with Crippen molar-refractivity contribution in [3.8, 4) is 0 Å². The molecule has 1 saturated heterocycles. The van der Waals surface area contributed by atoms with Crippen molar-refractivity contribution in [2.45, 2.75) is 38.8 Å². The van der Waals surface area contributed by atoms with E-state index in [1.165, 1.54) is 4.90 Å². The summed E-state index contributed by atoms with van der Waals surface area (Å²) < 4.78 is 0. The number of hydrogen-bond donors (Lipinski definition) is 1. The molecule has 3 aromatic carbocycles. The quantitative estimate of drug-likeness (QED) is 0.431. The zero-order valence-electron chi connectivity index (χ0n) is 18.7. The number of carbonyl (C=O) groups excluding carboxylic acids is 2. The van der Waals surface area contributed by atoms with Crippen LogP contribution in [0.4, 0.5) is 10.5 Å². The minimum absolute atomic E-state index is 0.144. The topological polar surface area (TPSA) is 56.4 Å². The van der Waals surface area contributed by atoms with Crippen LogP contribution in [0.25, 0.3) is 10.9 Å². The summed E-state index contributed by atoms with van der Waals surface area (Å²) in [7, 11) is 0. The number of imide groups is 1. The molecular formula is C28H25N3O2. The van der Waals surface area contributed by atoms with Crippen LogP contribution < -0.4 is 4.90 Å². The third-order valence-electron chi connectivity index (χ3n) is 7.06. The average molecular weight is 436 g/mol.